The lowest BCUT2D eigenvalue weighted by molar-refractivity contribution is 0.220. The summed E-state index contributed by atoms with van der Waals surface area (Å²) in [6.45, 7) is 1.74. The van der Waals surface area contributed by atoms with E-state index >= 15 is 0 Å². The van der Waals surface area contributed by atoms with Crippen LogP contribution in [-0.4, -0.2) is 21.9 Å². The summed E-state index contributed by atoms with van der Waals surface area (Å²) in [4.78, 5) is 4.08. The molecule has 0 spiro atoms. The minimum absolute atomic E-state index is 0.323. The quantitative estimate of drug-likeness (QED) is 0.691. The number of hydrogen-bond acceptors (Lipinski definition) is 4. The highest BCUT2D eigenvalue weighted by molar-refractivity contribution is 7.99. The number of rotatable bonds is 3. The summed E-state index contributed by atoms with van der Waals surface area (Å²) >= 11 is 1.47. The molecular weight excluding hydrogens is 172 g/mol. The maximum absolute atomic E-state index is 9.02. The highest BCUT2D eigenvalue weighted by Gasteiger charge is 2.02. The summed E-state index contributed by atoms with van der Waals surface area (Å²) < 4.78 is 0. The lowest BCUT2D eigenvalue weighted by Gasteiger charge is -2.04. The monoisotopic (exact) mass is 184 g/mol. The molecule has 1 unspecified atom stereocenters. The number of thioether (sulfide) groups is 1. The van der Waals surface area contributed by atoms with Crippen molar-refractivity contribution in [2.45, 2.75) is 18.1 Å². The maximum Gasteiger partial charge on any atom is 0.119 e. The zero-order chi connectivity index (χ0) is 8.97. The van der Waals surface area contributed by atoms with Crippen LogP contribution in [-0.2, 0) is 0 Å². The molecule has 0 amide bonds. The number of nitrogens with zero attached hydrogens (tertiary/aromatic N) is 1. The molecule has 3 N–H and O–H groups in total. The van der Waals surface area contributed by atoms with Crippen molar-refractivity contribution in [3.8, 4) is 0 Å². The van der Waals surface area contributed by atoms with E-state index in [1.807, 2.05) is 0 Å². The standard InChI is InChI=1S/C8H12N2OS/c1-6(11)5-12-8-7(9)3-2-4-10-8/h2-4,6,11H,5,9H2,1H3. The maximum atomic E-state index is 9.02. The summed E-state index contributed by atoms with van der Waals surface area (Å²) in [6, 6.07) is 3.60. The molecule has 4 heteroatoms. The molecule has 1 heterocycles. The number of aliphatic hydroxyl groups is 1. The molecule has 0 saturated heterocycles. The van der Waals surface area contributed by atoms with Crippen molar-refractivity contribution in [1.82, 2.24) is 4.98 Å². The fourth-order valence-corrected chi connectivity index (χ4v) is 1.49. The van der Waals surface area contributed by atoms with Gasteiger partial charge in [0.25, 0.3) is 0 Å². The van der Waals surface area contributed by atoms with E-state index in [-0.39, 0.29) is 6.10 Å². The van der Waals surface area contributed by atoms with Crippen LogP contribution in [0.25, 0.3) is 0 Å². The average molecular weight is 184 g/mol. The predicted octanol–water partition coefficient (Wildman–Crippen LogP) is 1.14. The van der Waals surface area contributed by atoms with Gasteiger partial charge in [-0.25, -0.2) is 4.98 Å². The summed E-state index contributed by atoms with van der Waals surface area (Å²) in [5.41, 5.74) is 6.31. The van der Waals surface area contributed by atoms with Gasteiger partial charge in [-0.1, -0.05) is 0 Å². The molecule has 0 radical (unpaired) electrons. The highest BCUT2D eigenvalue weighted by atomic mass is 32.2. The number of pyridine rings is 1. The van der Waals surface area contributed by atoms with Crippen LogP contribution in [0.15, 0.2) is 23.4 Å². The molecule has 1 aromatic heterocycles. The largest absolute Gasteiger partial charge is 0.397 e. The fourth-order valence-electron chi connectivity index (χ4n) is 0.723. The third-order valence-electron chi connectivity index (χ3n) is 1.26. The normalized spacial score (nSPS) is 12.8. The Bertz CT molecular complexity index is 253. The van der Waals surface area contributed by atoms with Crippen LogP contribution in [0.5, 0.6) is 0 Å². The molecular formula is C8H12N2OS. The Morgan fingerprint density at radius 2 is 2.50 bits per heavy atom. The first-order valence-corrected chi connectivity index (χ1v) is 4.70. The number of nitrogen functional groups attached to an aromatic ring is 1. The van der Waals surface area contributed by atoms with Gasteiger partial charge in [0.05, 0.1) is 11.8 Å². The second kappa shape index (κ2) is 4.33. The summed E-state index contributed by atoms with van der Waals surface area (Å²) in [5.74, 6) is 0.626. The van der Waals surface area contributed by atoms with E-state index in [0.29, 0.717) is 11.4 Å². The second-order valence-electron chi connectivity index (χ2n) is 2.56. The Morgan fingerprint density at radius 3 is 3.08 bits per heavy atom. The molecule has 0 aliphatic rings. The van der Waals surface area contributed by atoms with Crippen LogP contribution >= 0.6 is 11.8 Å². The summed E-state index contributed by atoms with van der Waals surface area (Å²) in [6.07, 6.45) is 1.37. The summed E-state index contributed by atoms with van der Waals surface area (Å²) in [7, 11) is 0. The van der Waals surface area contributed by atoms with E-state index in [1.54, 1.807) is 25.3 Å². The van der Waals surface area contributed by atoms with Gasteiger partial charge in [0.2, 0.25) is 0 Å². The lowest BCUT2D eigenvalue weighted by atomic mass is 10.4. The minimum Gasteiger partial charge on any atom is -0.397 e. The van der Waals surface area contributed by atoms with E-state index < -0.39 is 0 Å². The molecule has 1 atom stereocenters. The predicted molar refractivity (Wildman–Crippen MR) is 51.1 cm³/mol. The second-order valence-corrected chi connectivity index (χ2v) is 3.57. The number of hydrogen-bond donors (Lipinski definition) is 2. The minimum atomic E-state index is -0.323. The molecule has 0 fully saturated rings. The van der Waals surface area contributed by atoms with Crippen molar-refractivity contribution in [2.75, 3.05) is 11.5 Å². The zero-order valence-electron chi connectivity index (χ0n) is 6.90. The van der Waals surface area contributed by atoms with E-state index in [9.17, 15) is 0 Å². The van der Waals surface area contributed by atoms with Crippen LogP contribution in [0, 0.1) is 0 Å². The van der Waals surface area contributed by atoms with Gasteiger partial charge in [-0.2, -0.15) is 0 Å². The van der Waals surface area contributed by atoms with E-state index in [1.165, 1.54) is 11.8 Å². The lowest BCUT2D eigenvalue weighted by Crippen LogP contribution is -2.03. The highest BCUT2D eigenvalue weighted by Crippen LogP contribution is 2.21. The molecule has 1 rings (SSSR count). The van der Waals surface area contributed by atoms with Crippen molar-refractivity contribution >= 4 is 17.4 Å². The average Bonchev–Trinajstić information content (AvgIpc) is 2.03. The van der Waals surface area contributed by atoms with Gasteiger partial charge in [-0.15, -0.1) is 11.8 Å². The van der Waals surface area contributed by atoms with Crippen molar-refractivity contribution in [1.29, 1.82) is 0 Å². The molecule has 0 aromatic carbocycles. The molecule has 0 aliphatic carbocycles. The smallest absolute Gasteiger partial charge is 0.119 e. The molecule has 66 valence electrons. The molecule has 1 aromatic rings. The molecule has 0 saturated carbocycles. The van der Waals surface area contributed by atoms with Crippen LogP contribution in [0.4, 0.5) is 5.69 Å². The van der Waals surface area contributed by atoms with Gasteiger partial charge in [-0.3, -0.25) is 0 Å². The van der Waals surface area contributed by atoms with Crippen LogP contribution in [0.1, 0.15) is 6.92 Å². The zero-order valence-corrected chi connectivity index (χ0v) is 7.71. The van der Waals surface area contributed by atoms with Crippen LogP contribution < -0.4 is 5.73 Å². The first kappa shape index (κ1) is 9.35. The third-order valence-corrected chi connectivity index (χ3v) is 2.53. The number of aliphatic hydroxyl groups excluding tert-OH is 1. The Morgan fingerprint density at radius 1 is 1.75 bits per heavy atom. The molecule has 0 aliphatic heterocycles. The molecule has 12 heavy (non-hydrogen) atoms. The third kappa shape index (κ3) is 2.71. The molecule has 3 nitrogen and oxygen atoms in total. The number of nitrogens with two attached hydrogens (primary N) is 1. The van der Waals surface area contributed by atoms with Gasteiger partial charge < -0.3 is 10.8 Å². The fraction of sp³-hybridized carbons (Fsp3) is 0.375. The topological polar surface area (TPSA) is 59.1 Å². The first-order valence-electron chi connectivity index (χ1n) is 3.71. The van der Waals surface area contributed by atoms with Crippen molar-refractivity contribution in [2.24, 2.45) is 0 Å². The van der Waals surface area contributed by atoms with Crippen LogP contribution in [0.2, 0.25) is 0 Å². The SMILES string of the molecule is CC(O)CSc1ncccc1N. The van der Waals surface area contributed by atoms with Gasteiger partial charge >= 0.3 is 0 Å². The summed E-state index contributed by atoms with van der Waals surface area (Å²) in [5, 5.41) is 9.81. The van der Waals surface area contributed by atoms with Crippen LogP contribution in [0.3, 0.4) is 0 Å². The Kier molecular flexibility index (Phi) is 3.37. The first-order chi connectivity index (χ1) is 5.70. The van der Waals surface area contributed by atoms with Gasteiger partial charge in [0.15, 0.2) is 0 Å². The Hall–Kier alpha value is -0.740. The van der Waals surface area contributed by atoms with E-state index in [0.717, 1.165) is 5.03 Å². The van der Waals surface area contributed by atoms with Crippen molar-refractivity contribution < 1.29 is 5.11 Å². The molecule has 0 bridgehead atoms. The van der Waals surface area contributed by atoms with E-state index in [4.69, 9.17) is 10.8 Å². The van der Waals surface area contributed by atoms with Gasteiger partial charge in [-0.05, 0) is 19.1 Å². The number of aromatic nitrogens is 1. The van der Waals surface area contributed by atoms with Crippen molar-refractivity contribution in [3.05, 3.63) is 18.3 Å². The van der Waals surface area contributed by atoms with Gasteiger partial charge in [0.1, 0.15) is 5.03 Å². The van der Waals surface area contributed by atoms with E-state index in [2.05, 4.69) is 4.98 Å². The van der Waals surface area contributed by atoms with Crippen molar-refractivity contribution in [3.63, 3.8) is 0 Å². The Labute approximate surface area is 76.0 Å². The number of anilines is 1. The van der Waals surface area contributed by atoms with Gasteiger partial charge in [0, 0.05) is 11.9 Å². The Balaban J connectivity index is 2.57.